The van der Waals surface area contributed by atoms with Gasteiger partial charge in [0.25, 0.3) is 0 Å². The van der Waals surface area contributed by atoms with Gasteiger partial charge in [-0.1, -0.05) is 66.4 Å². The van der Waals surface area contributed by atoms with E-state index < -0.39 is 6.09 Å². The molecule has 1 aliphatic rings. The maximum Gasteiger partial charge on any atom is 0.407 e. The van der Waals surface area contributed by atoms with Gasteiger partial charge in [-0.2, -0.15) is 0 Å². The second-order valence-corrected chi connectivity index (χ2v) is 7.58. The number of nitrogens with one attached hydrogen (secondary N) is 2. The average Bonchev–Trinajstić information content (AvgIpc) is 3.40. The Labute approximate surface area is 181 Å². The van der Waals surface area contributed by atoms with Crippen LogP contribution in [0, 0.1) is 11.8 Å². The van der Waals surface area contributed by atoms with E-state index in [1.165, 1.54) is 27.6 Å². The highest BCUT2D eigenvalue weighted by Gasteiger charge is 2.28. The Morgan fingerprint density at radius 3 is 2.48 bits per heavy atom. The number of alkyl carbamates (subject to hydrolysis) is 1. The summed E-state index contributed by atoms with van der Waals surface area (Å²) in [6, 6.07) is 24.7. The number of fused-ring (bicyclic) bond motifs is 4. The summed E-state index contributed by atoms with van der Waals surface area (Å²) in [5.74, 6) is 6.31. The third-order valence-electron chi connectivity index (χ3n) is 5.65. The molecule has 0 saturated heterocycles. The first kappa shape index (κ1) is 19.0. The molecule has 4 aromatic rings. The summed E-state index contributed by atoms with van der Waals surface area (Å²) in [7, 11) is 0. The largest absolute Gasteiger partial charge is 0.449 e. The molecule has 0 bridgehead atoms. The quantitative estimate of drug-likeness (QED) is 0.350. The van der Waals surface area contributed by atoms with Gasteiger partial charge < -0.3 is 15.0 Å². The van der Waals surface area contributed by atoms with Crippen LogP contribution in [0.5, 0.6) is 0 Å². The molecule has 2 N–H and O–H groups in total. The fourth-order valence-corrected chi connectivity index (χ4v) is 4.17. The lowest BCUT2D eigenvalue weighted by molar-refractivity contribution is 0.143. The number of aromatic nitrogens is 1. The lowest BCUT2D eigenvalue weighted by atomic mass is 9.98. The molecule has 1 aliphatic carbocycles. The molecular weight excluding hydrogens is 384 g/mol. The van der Waals surface area contributed by atoms with Gasteiger partial charge in [-0.25, -0.2) is 4.79 Å². The molecule has 1 aromatic heterocycles. The van der Waals surface area contributed by atoms with Gasteiger partial charge in [0, 0.05) is 36.2 Å². The molecule has 0 aliphatic heterocycles. The third-order valence-corrected chi connectivity index (χ3v) is 5.65. The molecule has 3 aromatic carbocycles. The Kier molecular flexibility index (Phi) is 5.16. The molecular formula is C27H22N2O2. The molecule has 4 nitrogen and oxygen atoms in total. The first-order chi connectivity index (χ1) is 15.3. The summed E-state index contributed by atoms with van der Waals surface area (Å²) in [6.07, 6.45) is 2.07. The molecule has 0 atom stereocenters. The molecule has 0 radical (unpaired) electrons. The van der Waals surface area contributed by atoms with Crippen LogP contribution in [0.3, 0.4) is 0 Å². The predicted octanol–water partition coefficient (Wildman–Crippen LogP) is 5.45. The highest BCUT2D eigenvalue weighted by Crippen LogP contribution is 2.44. The number of carbonyl (C=O) groups is 1. The Hall–Kier alpha value is -3.97. The van der Waals surface area contributed by atoms with Crippen LogP contribution in [-0.4, -0.2) is 24.2 Å². The number of hydrogen-bond donors (Lipinski definition) is 2. The number of benzene rings is 3. The molecule has 0 spiro atoms. The van der Waals surface area contributed by atoms with E-state index in [2.05, 4.69) is 46.4 Å². The van der Waals surface area contributed by atoms with Crippen molar-refractivity contribution in [1.82, 2.24) is 10.3 Å². The van der Waals surface area contributed by atoms with Crippen LogP contribution < -0.4 is 5.32 Å². The lowest BCUT2D eigenvalue weighted by Crippen LogP contribution is -2.26. The summed E-state index contributed by atoms with van der Waals surface area (Å²) in [4.78, 5) is 15.4. The Morgan fingerprint density at radius 1 is 0.968 bits per heavy atom. The second-order valence-electron chi connectivity index (χ2n) is 7.58. The number of aromatic amines is 1. The van der Waals surface area contributed by atoms with E-state index in [-0.39, 0.29) is 5.92 Å². The number of H-pyrrole nitrogens is 1. The van der Waals surface area contributed by atoms with Crippen LogP contribution in [0.4, 0.5) is 4.79 Å². The van der Waals surface area contributed by atoms with Crippen molar-refractivity contribution in [3.8, 4) is 23.0 Å². The Morgan fingerprint density at radius 2 is 1.71 bits per heavy atom. The van der Waals surface area contributed by atoms with E-state index in [1.54, 1.807) is 0 Å². The number of amides is 1. The molecule has 0 saturated carbocycles. The number of carbonyl (C=O) groups excluding carboxylic acids is 1. The number of ether oxygens (including phenoxy) is 1. The van der Waals surface area contributed by atoms with E-state index in [0.717, 1.165) is 11.1 Å². The smallest absolute Gasteiger partial charge is 0.407 e. The van der Waals surface area contributed by atoms with Crippen molar-refractivity contribution < 1.29 is 9.53 Å². The van der Waals surface area contributed by atoms with Gasteiger partial charge in [-0.05, 0) is 45.8 Å². The van der Waals surface area contributed by atoms with E-state index in [1.807, 2.05) is 54.7 Å². The van der Waals surface area contributed by atoms with Crippen molar-refractivity contribution in [2.75, 3.05) is 13.2 Å². The molecule has 152 valence electrons. The van der Waals surface area contributed by atoms with Crippen LogP contribution >= 0.6 is 0 Å². The van der Waals surface area contributed by atoms with E-state index in [0.29, 0.717) is 19.6 Å². The van der Waals surface area contributed by atoms with Gasteiger partial charge in [0.1, 0.15) is 6.61 Å². The Balaban J connectivity index is 1.14. The molecule has 4 heteroatoms. The molecule has 0 fully saturated rings. The van der Waals surface area contributed by atoms with Crippen molar-refractivity contribution in [2.24, 2.45) is 0 Å². The third kappa shape index (κ3) is 3.91. The molecule has 1 amide bonds. The van der Waals surface area contributed by atoms with Crippen molar-refractivity contribution in [3.05, 3.63) is 95.7 Å². The maximum absolute atomic E-state index is 12.2. The van der Waals surface area contributed by atoms with E-state index in [9.17, 15) is 4.79 Å². The van der Waals surface area contributed by atoms with Gasteiger partial charge in [-0.15, -0.1) is 0 Å². The minimum absolute atomic E-state index is 0.0702. The lowest BCUT2D eigenvalue weighted by Gasteiger charge is -2.14. The monoisotopic (exact) mass is 406 g/mol. The van der Waals surface area contributed by atoms with Gasteiger partial charge in [0.15, 0.2) is 0 Å². The summed E-state index contributed by atoms with van der Waals surface area (Å²) < 4.78 is 5.54. The zero-order valence-electron chi connectivity index (χ0n) is 17.0. The van der Waals surface area contributed by atoms with Crippen molar-refractivity contribution >= 4 is 17.0 Å². The number of hydrogen-bond acceptors (Lipinski definition) is 2. The molecule has 31 heavy (non-hydrogen) atoms. The minimum Gasteiger partial charge on any atom is -0.449 e. The fraction of sp³-hybridized carbons (Fsp3) is 0.148. The van der Waals surface area contributed by atoms with Crippen molar-refractivity contribution in [3.63, 3.8) is 0 Å². The van der Waals surface area contributed by atoms with Crippen LogP contribution in [0.1, 0.15) is 29.0 Å². The van der Waals surface area contributed by atoms with Crippen molar-refractivity contribution in [1.29, 1.82) is 0 Å². The number of rotatable bonds is 4. The normalized spacial score (nSPS) is 12.0. The maximum atomic E-state index is 12.2. The molecule has 0 unspecified atom stereocenters. The summed E-state index contributed by atoms with van der Waals surface area (Å²) in [6.45, 7) is 0.774. The fourth-order valence-electron chi connectivity index (χ4n) is 4.17. The minimum atomic E-state index is -0.406. The van der Waals surface area contributed by atoms with Gasteiger partial charge in [-0.3, -0.25) is 0 Å². The standard InChI is InChI=1S/C27H22N2O2/c30-27(29-15-6-5-7-19-12-13-20-14-16-28-26(20)17-19)31-18-25-23-10-3-1-8-21(23)22-9-2-4-11-24(22)25/h1-4,8-14,16-17,25,28H,6,15,18H2,(H,29,30). The zero-order valence-corrected chi connectivity index (χ0v) is 17.0. The van der Waals surface area contributed by atoms with Gasteiger partial charge in [0.2, 0.25) is 0 Å². The van der Waals surface area contributed by atoms with Crippen LogP contribution in [0.25, 0.3) is 22.0 Å². The highest BCUT2D eigenvalue weighted by atomic mass is 16.5. The van der Waals surface area contributed by atoms with Crippen LogP contribution in [-0.2, 0) is 4.74 Å². The van der Waals surface area contributed by atoms with E-state index >= 15 is 0 Å². The zero-order chi connectivity index (χ0) is 21.0. The topological polar surface area (TPSA) is 54.1 Å². The molecule has 1 heterocycles. The van der Waals surface area contributed by atoms with Crippen LogP contribution in [0.2, 0.25) is 0 Å². The summed E-state index contributed by atoms with van der Waals surface area (Å²) in [5, 5.41) is 3.97. The Bertz CT molecular complexity index is 1260. The highest BCUT2D eigenvalue weighted by molar-refractivity contribution is 5.81. The van der Waals surface area contributed by atoms with Gasteiger partial charge in [0.05, 0.1) is 0 Å². The SMILES string of the molecule is O=C(NCCC#Cc1ccc2cc[nH]c2c1)OCC1c2ccccc2-c2ccccc21. The first-order valence-electron chi connectivity index (χ1n) is 10.4. The summed E-state index contributed by atoms with van der Waals surface area (Å²) in [5.41, 5.74) is 6.89. The summed E-state index contributed by atoms with van der Waals surface area (Å²) >= 11 is 0. The van der Waals surface area contributed by atoms with Gasteiger partial charge >= 0.3 is 6.09 Å². The predicted molar refractivity (Wildman–Crippen MR) is 123 cm³/mol. The van der Waals surface area contributed by atoms with Crippen molar-refractivity contribution in [2.45, 2.75) is 12.3 Å². The first-order valence-corrected chi connectivity index (χ1v) is 10.4. The van der Waals surface area contributed by atoms with E-state index in [4.69, 9.17) is 4.74 Å². The van der Waals surface area contributed by atoms with Crippen LogP contribution in [0.15, 0.2) is 79.0 Å². The molecule has 5 rings (SSSR count). The average molecular weight is 406 g/mol. The second kappa shape index (κ2) is 8.41.